The van der Waals surface area contributed by atoms with E-state index >= 15 is 0 Å². The van der Waals surface area contributed by atoms with Crippen molar-refractivity contribution in [2.45, 2.75) is 84.2 Å². The summed E-state index contributed by atoms with van der Waals surface area (Å²) in [7, 11) is 0. The Morgan fingerprint density at radius 3 is 2.09 bits per heavy atom. The van der Waals surface area contributed by atoms with E-state index in [9.17, 15) is 14.4 Å². The largest absolute Gasteiger partial charge is 0.478 e. The van der Waals surface area contributed by atoms with Crippen LogP contribution in [0.2, 0.25) is 0 Å². The van der Waals surface area contributed by atoms with Gasteiger partial charge in [0, 0.05) is 18.6 Å². The van der Waals surface area contributed by atoms with Crippen LogP contribution < -0.4 is 0 Å². The Morgan fingerprint density at radius 1 is 0.913 bits per heavy atom. The second-order valence-electron chi connectivity index (χ2n) is 5.72. The molecule has 132 valence electrons. The van der Waals surface area contributed by atoms with Crippen molar-refractivity contribution in [2.24, 2.45) is 0 Å². The molecule has 0 amide bonds. The van der Waals surface area contributed by atoms with E-state index in [4.69, 9.17) is 9.84 Å². The van der Waals surface area contributed by atoms with Gasteiger partial charge in [-0.2, -0.15) is 0 Å². The summed E-state index contributed by atoms with van der Waals surface area (Å²) in [6, 6.07) is 0. The lowest BCUT2D eigenvalue weighted by atomic mass is 10.0. The monoisotopic (exact) mass is 326 g/mol. The van der Waals surface area contributed by atoms with Gasteiger partial charge in [-0.25, -0.2) is 9.59 Å². The van der Waals surface area contributed by atoms with E-state index < -0.39 is 18.0 Å². The highest BCUT2D eigenvalue weighted by atomic mass is 16.5. The molecule has 0 spiro atoms. The van der Waals surface area contributed by atoms with Crippen LogP contribution in [0.4, 0.5) is 0 Å². The van der Waals surface area contributed by atoms with Crippen molar-refractivity contribution in [2.75, 3.05) is 0 Å². The van der Waals surface area contributed by atoms with Crippen LogP contribution in [-0.4, -0.2) is 28.9 Å². The minimum Gasteiger partial charge on any atom is -0.478 e. The van der Waals surface area contributed by atoms with E-state index in [0.717, 1.165) is 63.5 Å². The van der Waals surface area contributed by atoms with Gasteiger partial charge in [0.25, 0.3) is 0 Å². The number of esters is 1. The third-order valence-electron chi connectivity index (χ3n) is 3.58. The van der Waals surface area contributed by atoms with Gasteiger partial charge in [-0.3, -0.25) is 4.79 Å². The van der Waals surface area contributed by atoms with Crippen LogP contribution in [-0.2, 0) is 19.1 Å². The Morgan fingerprint density at radius 2 is 1.52 bits per heavy atom. The first-order valence-electron chi connectivity index (χ1n) is 8.65. The van der Waals surface area contributed by atoms with E-state index in [2.05, 4.69) is 13.8 Å². The van der Waals surface area contributed by atoms with Gasteiger partial charge < -0.3 is 9.84 Å². The highest BCUT2D eigenvalue weighted by Gasteiger charge is 2.21. The molecule has 1 N–H and O–H groups in total. The average Bonchev–Trinajstić information content (AvgIpc) is 2.52. The average molecular weight is 326 g/mol. The number of aliphatic carboxylic acids is 1. The first-order chi connectivity index (χ1) is 11.0. The molecule has 0 saturated heterocycles. The summed E-state index contributed by atoms with van der Waals surface area (Å²) in [4.78, 5) is 34.2. The summed E-state index contributed by atoms with van der Waals surface area (Å²) in [6.07, 6.45) is 9.76. The molecule has 1 unspecified atom stereocenters. The fourth-order valence-electron chi connectivity index (χ4n) is 2.25. The Labute approximate surface area is 139 Å². The molecule has 0 aliphatic rings. The maximum Gasteiger partial charge on any atom is 0.331 e. The van der Waals surface area contributed by atoms with Crippen LogP contribution in [0.3, 0.4) is 0 Å². The molecule has 0 heterocycles. The number of carboxylic acids is 1. The maximum absolute atomic E-state index is 12.2. The predicted molar refractivity (Wildman–Crippen MR) is 89.2 cm³/mol. The van der Waals surface area contributed by atoms with Gasteiger partial charge in [-0.05, 0) is 19.3 Å². The van der Waals surface area contributed by atoms with Crippen LogP contribution in [0.15, 0.2) is 12.2 Å². The molecular formula is C18H30O5. The maximum atomic E-state index is 12.2. The SMILES string of the molecule is CCCCCCC(=O)C(CCCCCC)OC(=O)/C=C/C(=O)O. The van der Waals surface area contributed by atoms with E-state index in [1.54, 1.807) is 0 Å². The first kappa shape index (κ1) is 21.4. The minimum absolute atomic E-state index is 0.0605. The predicted octanol–water partition coefficient (Wildman–Crippen LogP) is 4.05. The molecule has 0 rings (SSSR count). The summed E-state index contributed by atoms with van der Waals surface area (Å²) in [5.41, 5.74) is 0. The van der Waals surface area contributed by atoms with Gasteiger partial charge in [0.2, 0.25) is 0 Å². The third kappa shape index (κ3) is 12.6. The van der Waals surface area contributed by atoms with Gasteiger partial charge in [0.15, 0.2) is 11.9 Å². The quantitative estimate of drug-likeness (QED) is 0.296. The van der Waals surface area contributed by atoms with Crippen molar-refractivity contribution in [3.63, 3.8) is 0 Å². The highest BCUT2D eigenvalue weighted by Crippen LogP contribution is 2.14. The number of ether oxygens (including phenoxy) is 1. The molecular weight excluding hydrogens is 296 g/mol. The van der Waals surface area contributed by atoms with Gasteiger partial charge in [-0.1, -0.05) is 52.4 Å². The Bertz CT molecular complexity index is 387. The molecule has 0 fully saturated rings. The second-order valence-corrected chi connectivity index (χ2v) is 5.72. The molecule has 0 aliphatic heterocycles. The number of ketones is 1. The zero-order valence-electron chi connectivity index (χ0n) is 14.4. The van der Waals surface area contributed by atoms with Gasteiger partial charge >= 0.3 is 11.9 Å². The number of carbonyl (C=O) groups is 3. The molecule has 0 radical (unpaired) electrons. The Hall–Kier alpha value is -1.65. The normalized spacial score (nSPS) is 12.3. The molecule has 5 heteroatoms. The summed E-state index contributed by atoms with van der Waals surface area (Å²) >= 11 is 0. The van der Waals surface area contributed by atoms with Crippen LogP contribution in [0.25, 0.3) is 0 Å². The standard InChI is InChI=1S/C18H30O5/c1-3-5-7-9-11-15(19)16(12-10-8-6-4-2)23-18(22)14-13-17(20)21/h13-14,16H,3-12H2,1-2H3,(H,20,21)/b14-13+. The molecule has 5 nitrogen and oxygen atoms in total. The van der Waals surface area contributed by atoms with E-state index in [0.29, 0.717) is 12.8 Å². The van der Waals surface area contributed by atoms with Crippen LogP contribution >= 0.6 is 0 Å². The molecule has 0 aromatic carbocycles. The Balaban J connectivity index is 4.44. The third-order valence-corrected chi connectivity index (χ3v) is 3.58. The summed E-state index contributed by atoms with van der Waals surface area (Å²) in [6.45, 7) is 4.21. The van der Waals surface area contributed by atoms with Crippen LogP contribution in [0.5, 0.6) is 0 Å². The van der Waals surface area contributed by atoms with Crippen molar-refractivity contribution in [3.8, 4) is 0 Å². The fourth-order valence-corrected chi connectivity index (χ4v) is 2.25. The van der Waals surface area contributed by atoms with E-state index in [-0.39, 0.29) is 5.78 Å². The van der Waals surface area contributed by atoms with Gasteiger partial charge in [-0.15, -0.1) is 0 Å². The second kappa shape index (κ2) is 14.0. The van der Waals surface area contributed by atoms with Crippen LogP contribution in [0, 0.1) is 0 Å². The number of unbranched alkanes of at least 4 members (excludes halogenated alkanes) is 6. The summed E-state index contributed by atoms with van der Waals surface area (Å²) in [5, 5.41) is 8.51. The summed E-state index contributed by atoms with van der Waals surface area (Å²) < 4.78 is 5.16. The Kier molecular flexibility index (Phi) is 13.0. The number of Topliss-reactive ketones (excluding diaryl/α,β-unsaturated/α-hetero) is 1. The molecule has 0 bridgehead atoms. The van der Waals surface area contributed by atoms with E-state index in [1.165, 1.54) is 0 Å². The number of hydrogen-bond acceptors (Lipinski definition) is 4. The molecule has 23 heavy (non-hydrogen) atoms. The van der Waals surface area contributed by atoms with E-state index in [1.807, 2.05) is 0 Å². The molecule has 0 aliphatic carbocycles. The van der Waals surface area contributed by atoms with Gasteiger partial charge in [0.05, 0.1) is 0 Å². The lowest BCUT2D eigenvalue weighted by molar-refractivity contribution is -0.151. The van der Waals surface area contributed by atoms with Crippen molar-refractivity contribution < 1.29 is 24.2 Å². The van der Waals surface area contributed by atoms with Crippen molar-refractivity contribution in [3.05, 3.63) is 12.2 Å². The smallest absolute Gasteiger partial charge is 0.331 e. The van der Waals surface area contributed by atoms with Crippen molar-refractivity contribution >= 4 is 17.7 Å². The number of rotatable bonds is 14. The molecule has 0 saturated carbocycles. The molecule has 1 atom stereocenters. The van der Waals surface area contributed by atoms with Gasteiger partial charge in [0.1, 0.15) is 0 Å². The summed E-state index contributed by atoms with van der Waals surface area (Å²) in [5.74, 6) is -2.04. The van der Waals surface area contributed by atoms with Crippen LogP contribution in [0.1, 0.15) is 78.1 Å². The zero-order chi connectivity index (χ0) is 17.5. The first-order valence-corrected chi connectivity index (χ1v) is 8.65. The fraction of sp³-hybridized carbons (Fsp3) is 0.722. The zero-order valence-corrected chi connectivity index (χ0v) is 14.4. The lowest BCUT2D eigenvalue weighted by Crippen LogP contribution is -2.26. The van der Waals surface area contributed by atoms with Crippen molar-refractivity contribution in [1.82, 2.24) is 0 Å². The number of carbonyl (C=O) groups excluding carboxylic acids is 2. The number of hydrogen-bond donors (Lipinski definition) is 1. The minimum atomic E-state index is -1.22. The molecule has 0 aromatic rings. The van der Waals surface area contributed by atoms with Crippen molar-refractivity contribution in [1.29, 1.82) is 0 Å². The topological polar surface area (TPSA) is 80.7 Å². The molecule has 0 aromatic heterocycles. The lowest BCUT2D eigenvalue weighted by Gasteiger charge is -2.16. The highest BCUT2D eigenvalue weighted by molar-refractivity contribution is 5.92. The number of carboxylic acid groups (broad SMARTS) is 1.